The molecule has 9 heteroatoms. The van der Waals surface area contributed by atoms with Crippen LogP contribution >= 0.6 is 0 Å². The van der Waals surface area contributed by atoms with Crippen molar-refractivity contribution in [1.29, 1.82) is 0 Å². The third-order valence-electron chi connectivity index (χ3n) is 3.67. The summed E-state index contributed by atoms with van der Waals surface area (Å²) in [5.74, 6) is 0.150. The molecule has 120 valence electrons. The van der Waals surface area contributed by atoms with Gasteiger partial charge in [-0.05, 0) is 13.3 Å². The van der Waals surface area contributed by atoms with Gasteiger partial charge in [-0.15, -0.1) is 10.2 Å². The standard InChI is InChI=1S/C13H21N7O2/c1-8(20-6-4-5-9(20)21)7-19(3)13-16-12(15-2)10(11(14)22)17-18-13/h8H,4-7H2,1-3H3,(H2,14,22)(H,15,16,18). The fraction of sp³-hybridized carbons (Fsp3) is 0.615. The van der Waals surface area contributed by atoms with Crippen molar-refractivity contribution in [2.45, 2.75) is 25.8 Å². The summed E-state index contributed by atoms with van der Waals surface area (Å²) in [7, 11) is 3.45. The molecule has 2 amide bonds. The van der Waals surface area contributed by atoms with Gasteiger partial charge in [0.1, 0.15) is 0 Å². The van der Waals surface area contributed by atoms with E-state index in [1.54, 1.807) is 11.9 Å². The molecule has 1 atom stereocenters. The predicted molar refractivity (Wildman–Crippen MR) is 81.6 cm³/mol. The molecule has 9 nitrogen and oxygen atoms in total. The number of anilines is 2. The number of rotatable bonds is 6. The fourth-order valence-corrected chi connectivity index (χ4v) is 2.53. The Labute approximate surface area is 128 Å². The van der Waals surface area contributed by atoms with Gasteiger partial charge in [0.25, 0.3) is 5.91 Å². The summed E-state index contributed by atoms with van der Waals surface area (Å²) in [5, 5.41) is 10.5. The molecule has 1 fully saturated rings. The third-order valence-corrected chi connectivity index (χ3v) is 3.67. The lowest BCUT2D eigenvalue weighted by Gasteiger charge is -2.28. The van der Waals surface area contributed by atoms with Gasteiger partial charge in [0.15, 0.2) is 11.5 Å². The molecule has 1 aliphatic rings. The van der Waals surface area contributed by atoms with Gasteiger partial charge in [-0.25, -0.2) is 0 Å². The lowest BCUT2D eigenvalue weighted by Crippen LogP contribution is -2.42. The van der Waals surface area contributed by atoms with Crippen LogP contribution in [0.15, 0.2) is 0 Å². The summed E-state index contributed by atoms with van der Waals surface area (Å²) in [6, 6.07) is 0.0532. The highest BCUT2D eigenvalue weighted by atomic mass is 16.2. The van der Waals surface area contributed by atoms with Crippen LogP contribution in [0.2, 0.25) is 0 Å². The van der Waals surface area contributed by atoms with Crippen LogP contribution in [0, 0.1) is 0 Å². The Morgan fingerprint density at radius 3 is 2.77 bits per heavy atom. The Bertz CT molecular complexity index is 578. The van der Waals surface area contributed by atoms with Crippen molar-refractivity contribution in [1.82, 2.24) is 20.1 Å². The molecule has 1 aromatic rings. The van der Waals surface area contributed by atoms with Gasteiger partial charge in [0.2, 0.25) is 11.9 Å². The number of amides is 2. The van der Waals surface area contributed by atoms with Crippen LogP contribution in [0.25, 0.3) is 0 Å². The van der Waals surface area contributed by atoms with E-state index >= 15 is 0 Å². The van der Waals surface area contributed by atoms with Gasteiger partial charge < -0.3 is 20.9 Å². The van der Waals surface area contributed by atoms with E-state index in [1.807, 2.05) is 18.9 Å². The van der Waals surface area contributed by atoms with E-state index in [0.717, 1.165) is 13.0 Å². The van der Waals surface area contributed by atoms with Crippen LogP contribution in [0.4, 0.5) is 11.8 Å². The molecular weight excluding hydrogens is 286 g/mol. The van der Waals surface area contributed by atoms with E-state index in [2.05, 4.69) is 20.5 Å². The maximum atomic E-state index is 11.8. The van der Waals surface area contributed by atoms with Gasteiger partial charge in [-0.2, -0.15) is 4.98 Å². The Balaban J connectivity index is 2.10. The largest absolute Gasteiger partial charge is 0.371 e. The Morgan fingerprint density at radius 1 is 1.50 bits per heavy atom. The molecule has 2 rings (SSSR count). The van der Waals surface area contributed by atoms with Crippen molar-refractivity contribution in [3.8, 4) is 0 Å². The second-order valence-electron chi connectivity index (χ2n) is 5.34. The normalized spacial score (nSPS) is 15.8. The van der Waals surface area contributed by atoms with Crippen molar-refractivity contribution in [3.05, 3.63) is 5.69 Å². The van der Waals surface area contributed by atoms with E-state index in [1.165, 1.54) is 0 Å². The van der Waals surface area contributed by atoms with E-state index in [0.29, 0.717) is 18.9 Å². The number of aromatic nitrogens is 3. The van der Waals surface area contributed by atoms with Gasteiger partial charge in [-0.3, -0.25) is 9.59 Å². The highest BCUT2D eigenvalue weighted by molar-refractivity contribution is 5.95. The van der Waals surface area contributed by atoms with E-state index in [4.69, 9.17) is 5.73 Å². The lowest BCUT2D eigenvalue weighted by atomic mass is 10.3. The third kappa shape index (κ3) is 3.23. The van der Waals surface area contributed by atoms with Crippen LogP contribution in [-0.2, 0) is 4.79 Å². The van der Waals surface area contributed by atoms with E-state index < -0.39 is 5.91 Å². The van der Waals surface area contributed by atoms with Crippen LogP contribution < -0.4 is 16.0 Å². The number of carbonyl (C=O) groups is 2. The summed E-state index contributed by atoms with van der Waals surface area (Å²) in [5.41, 5.74) is 5.22. The molecule has 1 aromatic heterocycles. The number of hydrogen-bond acceptors (Lipinski definition) is 7. The molecule has 0 bridgehead atoms. The average molecular weight is 307 g/mol. The average Bonchev–Trinajstić information content (AvgIpc) is 2.92. The minimum Gasteiger partial charge on any atom is -0.371 e. The first-order valence-corrected chi connectivity index (χ1v) is 7.17. The SMILES string of the molecule is CNc1nc(N(C)CC(C)N2CCCC2=O)nnc1C(N)=O. The first-order valence-electron chi connectivity index (χ1n) is 7.17. The summed E-state index contributed by atoms with van der Waals surface area (Å²) in [6.45, 7) is 3.35. The summed E-state index contributed by atoms with van der Waals surface area (Å²) in [4.78, 5) is 30.9. The number of likely N-dealkylation sites (tertiary alicyclic amines) is 1. The second kappa shape index (κ2) is 6.54. The topological polar surface area (TPSA) is 117 Å². The number of nitrogens with one attached hydrogen (secondary N) is 1. The predicted octanol–water partition coefficient (Wildman–Crippen LogP) is -0.541. The zero-order chi connectivity index (χ0) is 16.3. The smallest absolute Gasteiger partial charge is 0.273 e. The number of nitrogens with zero attached hydrogens (tertiary/aromatic N) is 5. The Kier molecular flexibility index (Phi) is 4.74. The molecule has 0 radical (unpaired) electrons. The molecular formula is C13H21N7O2. The molecule has 0 saturated carbocycles. The molecule has 2 heterocycles. The Hall–Kier alpha value is -2.45. The Morgan fingerprint density at radius 2 is 2.23 bits per heavy atom. The number of nitrogens with two attached hydrogens (primary N) is 1. The van der Waals surface area contributed by atoms with Crippen LogP contribution in [-0.4, -0.2) is 65.1 Å². The summed E-state index contributed by atoms with van der Waals surface area (Å²) in [6.07, 6.45) is 1.52. The molecule has 0 spiro atoms. The zero-order valence-electron chi connectivity index (χ0n) is 13.0. The number of hydrogen-bond donors (Lipinski definition) is 2. The van der Waals surface area contributed by atoms with Gasteiger partial charge in [0.05, 0.1) is 0 Å². The highest BCUT2D eigenvalue weighted by Gasteiger charge is 2.26. The lowest BCUT2D eigenvalue weighted by molar-refractivity contribution is -0.129. The fourth-order valence-electron chi connectivity index (χ4n) is 2.53. The maximum Gasteiger partial charge on any atom is 0.273 e. The molecule has 0 aromatic carbocycles. The minimum absolute atomic E-state index is 0.00224. The number of primary amides is 1. The molecule has 1 aliphatic heterocycles. The van der Waals surface area contributed by atoms with Crippen molar-refractivity contribution in [2.24, 2.45) is 5.73 Å². The molecule has 1 saturated heterocycles. The van der Waals surface area contributed by atoms with E-state index in [-0.39, 0.29) is 23.5 Å². The summed E-state index contributed by atoms with van der Waals surface area (Å²) < 4.78 is 0. The van der Waals surface area contributed by atoms with Crippen LogP contribution in [0.3, 0.4) is 0 Å². The van der Waals surface area contributed by atoms with Crippen molar-refractivity contribution in [2.75, 3.05) is 37.4 Å². The highest BCUT2D eigenvalue weighted by Crippen LogP contribution is 2.16. The summed E-state index contributed by atoms with van der Waals surface area (Å²) >= 11 is 0. The van der Waals surface area contributed by atoms with Gasteiger partial charge >= 0.3 is 0 Å². The first kappa shape index (κ1) is 15.9. The zero-order valence-corrected chi connectivity index (χ0v) is 13.0. The molecule has 1 unspecified atom stereocenters. The molecule has 22 heavy (non-hydrogen) atoms. The van der Waals surface area contributed by atoms with E-state index in [9.17, 15) is 9.59 Å². The van der Waals surface area contributed by atoms with Gasteiger partial charge in [0, 0.05) is 39.6 Å². The minimum atomic E-state index is -0.686. The van der Waals surface area contributed by atoms with Crippen LogP contribution in [0.5, 0.6) is 0 Å². The number of carbonyl (C=O) groups excluding carboxylic acids is 2. The first-order chi connectivity index (χ1) is 10.4. The molecule has 0 aliphatic carbocycles. The van der Waals surface area contributed by atoms with Crippen molar-refractivity contribution in [3.63, 3.8) is 0 Å². The van der Waals surface area contributed by atoms with Crippen molar-refractivity contribution < 1.29 is 9.59 Å². The monoisotopic (exact) mass is 307 g/mol. The quantitative estimate of drug-likeness (QED) is 0.724. The second-order valence-corrected chi connectivity index (χ2v) is 5.34. The van der Waals surface area contributed by atoms with Crippen molar-refractivity contribution >= 4 is 23.6 Å². The van der Waals surface area contributed by atoms with Crippen LogP contribution in [0.1, 0.15) is 30.3 Å². The number of likely N-dealkylation sites (N-methyl/N-ethyl adjacent to an activating group) is 1. The van der Waals surface area contributed by atoms with Gasteiger partial charge in [-0.1, -0.05) is 0 Å². The molecule has 3 N–H and O–H groups in total. The maximum absolute atomic E-state index is 11.8.